The van der Waals surface area contributed by atoms with Gasteiger partial charge in [-0.2, -0.15) is 5.10 Å². The quantitative estimate of drug-likeness (QED) is 0.556. The number of para-hydroxylation sites is 1. The summed E-state index contributed by atoms with van der Waals surface area (Å²) in [5.41, 5.74) is 4.91. The fraction of sp³-hybridized carbons (Fsp3) is 0.190. The molecule has 2 N–H and O–H groups in total. The number of aromatic amines is 1. The number of hydrogen-bond acceptors (Lipinski definition) is 3. The largest absolute Gasteiger partial charge is 0.477 e. The summed E-state index contributed by atoms with van der Waals surface area (Å²) in [6, 6.07) is 13.9. The van der Waals surface area contributed by atoms with Crippen molar-refractivity contribution in [2.45, 2.75) is 26.3 Å². The van der Waals surface area contributed by atoms with Crippen molar-refractivity contribution in [3.63, 3.8) is 0 Å². The van der Waals surface area contributed by atoms with Crippen molar-refractivity contribution in [1.29, 1.82) is 0 Å². The number of carbonyl (C=O) groups is 1. The van der Waals surface area contributed by atoms with E-state index in [4.69, 9.17) is 0 Å². The first-order chi connectivity index (χ1) is 13.0. The molecule has 0 aliphatic carbocycles. The number of carboxylic acids is 1. The Hall–Kier alpha value is -3.41. The molecular weight excluding hydrogens is 340 g/mol. The van der Waals surface area contributed by atoms with Crippen LogP contribution in [-0.2, 0) is 6.54 Å². The lowest BCUT2D eigenvalue weighted by molar-refractivity contribution is 0.0692. The number of hydrogen-bond donors (Lipinski definition) is 2. The summed E-state index contributed by atoms with van der Waals surface area (Å²) >= 11 is 0. The third-order valence-electron chi connectivity index (χ3n) is 4.76. The summed E-state index contributed by atoms with van der Waals surface area (Å²) in [6.07, 6.45) is 3.18. The fourth-order valence-electron chi connectivity index (χ4n) is 3.46. The number of H-pyrrole nitrogens is 1. The highest BCUT2D eigenvalue weighted by atomic mass is 16.4. The standard InChI is InChI=1S/C21H20N4O2/c1-13(2)16-4-3-5-17-18(20(21(26)27)24-19(16)17)15-8-6-14(7-9-15)10-25-12-22-11-23-25/h3-9,11-13,24H,10H2,1-2H3,(H,26,27). The van der Waals surface area contributed by atoms with Gasteiger partial charge in [-0.1, -0.05) is 56.3 Å². The van der Waals surface area contributed by atoms with Gasteiger partial charge in [-0.05, 0) is 22.6 Å². The van der Waals surface area contributed by atoms with Gasteiger partial charge in [-0.3, -0.25) is 0 Å². The van der Waals surface area contributed by atoms with Crippen LogP contribution in [0.5, 0.6) is 0 Å². The van der Waals surface area contributed by atoms with Gasteiger partial charge in [0.15, 0.2) is 0 Å². The van der Waals surface area contributed by atoms with Gasteiger partial charge >= 0.3 is 5.97 Å². The van der Waals surface area contributed by atoms with Gasteiger partial charge in [0, 0.05) is 10.9 Å². The Kier molecular flexibility index (Phi) is 4.24. The minimum atomic E-state index is -0.956. The van der Waals surface area contributed by atoms with Gasteiger partial charge in [-0.25, -0.2) is 14.5 Å². The normalized spacial score (nSPS) is 11.4. The molecule has 6 nitrogen and oxygen atoms in total. The van der Waals surface area contributed by atoms with Crippen LogP contribution in [0.1, 0.15) is 41.4 Å². The highest BCUT2D eigenvalue weighted by molar-refractivity contribution is 6.08. The third kappa shape index (κ3) is 3.10. The predicted octanol–water partition coefficient (Wildman–Crippen LogP) is 4.30. The number of rotatable bonds is 5. The Morgan fingerprint density at radius 2 is 1.96 bits per heavy atom. The summed E-state index contributed by atoms with van der Waals surface area (Å²) < 4.78 is 1.75. The number of nitrogens with one attached hydrogen (secondary N) is 1. The lowest BCUT2D eigenvalue weighted by Crippen LogP contribution is -2.00. The van der Waals surface area contributed by atoms with Gasteiger partial charge in [0.25, 0.3) is 0 Å². The summed E-state index contributed by atoms with van der Waals surface area (Å²) in [4.78, 5) is 19.0. The zero-order valence-corrected chi connectivity index (χ0v) is 15.2. The molecular formula is C21H20N4O2. The van der Waals surface area contributed by atoms with Crippen molar-refractivity contribution in [3.8, 4) is 11.1 Å². The Bertz CT molecular complexity index is 1090. The highest BCUT2D eigenvalue weighted by Crippen LogP contribution is 2.36. The lowest BCUT2D eigenvalue weighted by Gasteiger charge is -2.08. The van der Waals surface area contributed by atoms with E-state index in [2.05, 4.69) is 28.9 Å². The molecule has 0 fully saturated rings. The molecule has 2 aromatic carbocycles. The molecule has 0 spiro atoms. The van der Waals surface area contributed by atoms with Gasteiger partial charge in [0.1, 0.15) is 18.3 Å². The number of fused-ring (bicyclic) bond motifs is 1. The third-order valence-corrected chi connectivity index (χ3v) is 4.76. The lowest BCUT2D eigenvalue weighted by atomic mass is 9.96. The van der Waals surface area contributed by atoms with Crippen LogP contribution < -0.4 is 0 Å². The van der Waals surface area contributed by atoms with E-state index in [0.29, 0.717) is 12.5 Å². The van der Waals surface area contributed by atoms with E-state index >= 15 is 0 Å². The molecule has 0 unspecified atom stereocenters. The monoisotopic (exact) mass is 360 g/mol. The van der Waals surface area contributed by atoms with Crippen molar-refractivity contribution in [1.82, 2.24) is 19.7 Å². The van der Waals surface area contributed by atoms with Crippen molar-refractivity contribution in [2.24, 2.45) is 0 Å². The van der Waals surface area contributed by atoms with Crippen molar-refractivity contribution < 1.29 is 9.90 Å². The molecule has 136 valence electrons. The van der Waals surface area contributed by atoms with Gasteiger partial charge in [0.2, 0.25) is 0 Å². The maximum atomic E-state index is 11.9. The molecule has 4 rings (SSSR count). The second kappa shape index (κ2) is 6.72. The number of benzene rings is 2. The van der Waals surface area contributed by atoms with Crippen LogP contribution in [0.25, 0.3) is 22.0 Å². The number of carboxylic acid groups (broad SMARTS) is 1. The molecule has 0 radical (unpaired) electrons. The molecule has 6 heteroatoms. The Morgan fingerprint density at radius 1 is 1.19 bits per heavy atom. The number of aromatic nitrogens is 4. The van der Waals surface area contributed by atoms with Crippen LogP contribution >= 0.6 is 0 Å². The number of aromatic carboxylic acids is 1. The number of nitrogens with zero attached hydrogens (tertiary/aromatic N) is 3. The van der Waals surface area contributed by atoms with E-state index in [0.717, 1.165) is 33.2 Å². The highest BCUT2D eigenvalue weighted by Gasteiger charge is 2.20. The average molecular weight is 360 g/mol. The Labute approximate surface area is 156 Å². The fourth-order valence-corrected chi connectivity index (χ4v) is 3.46. The predicted molar refractivity (Wildman–Crippen MR) is 104 cm³/mol. The van der Waals surface area contributed by atoms with Crippen LogP contribution in [-0.4, -0.2) is 30.8 Å². The summed E-state index contributed by atoms with van der Waals surface area (Å²) in [7, 11) is 0. The zero-order chi connectivity index (χ0) is 19.0. The first-order valence-corrected chi connectivity index (χ1v) is 8.84. The van der Waals surface area contributed by atoms with Crippen LogP contribution in [0, 0.1) is 0 Å². The summed E-state index contributed by atoms with van der Waals surface area (Å²) in [5.74, 6) is -0.658. The minimum absolute atomic E-state index is 0.224. The summed E-state index contributed by atoms with van der Waals surface area (Å²) in [6.45, 7) is 4.83. The zero-order valence-electron chi connectivity index (χ0n) is 15.2. The molecule has 0 amide bonds. The van der Waals surface area contributed by atoms with Gasteiger partial charge < -0.3 is 10.1 Å². The second-order valence-electron chi connectivity index (χ2n) is 6.89. The maximum Gasteiger partial charge on any atom is 0.352 e. The molecule has 0 aliphatic heterocycles. The van der Waals surface area contributed by atoms with Crippen molar-refractivity contribution in [3.05, 3.63) is 71.9 Å². The van der Waals surface area contributed by atoms with Crippen molar-refractivity contribution >= 4 is 16.9 Å². The smallest absolute Gasteiger partial charge is 0.352 e. The first kappa shape index (κ1) is 17.0. The van der Waals surface area contributed by atoms with Crippen LogP contribution in [0.4, 0.5) is 0 Å². The minimum Gasteiger partial charge on any atom is -0.477 e. The molecule has 0 atom stereocenters. The molecule has 2 heterocycles. The molecule has 0 saturated carbocycles. The van der Waals surface area contributed by atoms with Gasteiger partial charge in [-0.15, -0.1) is 0 Å². The van der Waals surface area contributed by atoms with Crippen molar-refractivity contribution in [2.75, 3.05) is 0 Å². The van der Waals surface area contributed by atoms with Crippen LogP contribution in [0.3, 0.4) is 0 Å². The van der Waals surface area contributed by atoms with Gasteiger partial charge in [0.05, 0.1) is 12.1 Å². The average Bonchev–Trinajstić information content (AvgIpc) is 3.29. The molecule has 0 bridgehead atoms. The topological polar surface area (TPSA) is 83.8 Å². The first-order valence-electron chi connectivity index (χ1n) is 8.84. The van der Waals surface area contributed by atoms with Crippen LogP contribution in [0.2, 0.25) is 0 Å². The Balaban J connectivity index is 1.81. The second-order valence-corrected chi connectivity index (χ2v) is 6.89. The molecule has 0 saturated heterocycles. The Morgan fingerprint density at radius 3 is 2.59 bits per heavy atom. The molecule has 4 aromatic rings. The maximum absolute atomic E-state index is 11.9. The van der Waals surface area contributed by atoms with Crippen LogP contribution in [0.15, 0.2) is 55.1 Å². The van der Waals surface area contributed by atoms with E-state index in [-0.39, 0.29) is 5.69 Å². The van der Waals surface area contributed by atoms with E-state index in [1.807, 2.05) is 42.5 Å². The van der Waals surface area contributed by atoms with E-state index in [1.165, 1.54) is 6.33 Å². The molecule has 27 heavy (non-hydrogen) atoms. The van der Waals surface area contributed by atoms with E-state index in [1.54, 1.807) is 11.0 Å². The summed E-state index contributed by atoms with van der Waals surface area (Å²) in [5, 5.41) is 14.8. The van der Waals surface area contributed by atoms with E-state index in [9.17, 15) is 9.90 Å². The SMILES string of the molecule is CC(C)c1cccc2c(-c3ccc(Cn4cncn4)cc3)c(C(=O)O)[nH]c12. The van der Waals surface area contributed by atoms with E-state index < -0.39 is 5.97 Å². The molecule has 2 aromatic heterocycles. The molecule has 0 aliphatic rings.